The normalized spacial score (nSPS) is 19.5. The van der Waals surface area contributed by atoms with Crippen molar-refractivity contribution in [3.63, 3.8) is 0 Å². The van der Waals surface area contributed by atoms with Gasteiger partial charge < -0.3 is 10.4 Å². The molecule has 0 spiro atoms. The van der Waals surface area contributed by atoms with E-state index in [1.807, 2.05) is 0 Å². The summed E-state index contributed by atoms with van der Waals surface area (Å²) in [5.74, 6) is 0. The van der Waals surface area contributed by atoms with Gasteiger partial charge in [-0.3, -0.25) is 4.90 Å². The molecular formula is C17H36N2O. The third-order valence-electron chi connectivity index (χ3n) is 4.68. The molecule has 1 unspecified atom stereocenters. The quantitative estimate of drug-likeness (QED) is 0.719. The highest BCUT2D eigenvalue weighted by molar-refractivity contribution is 4.83. The van der Waals surface area contributed by atoms with Crippen molar-refractivity contribution < 1.29 is 5.11 Å². The average Bonchev–Trinajstić information content (AvgIpc) is 2.41. The molecule has 20 heavy (non-hydrogen) atoms. The highest BCUT2D eigenvalue weighted by Gasteiger charge is 2.26. The second kappa shape index (κ2) is 9.01. The fourth-order valence-electron chi connectivity index (χ4n) is 3.43. The molecule has 120 valence electrons. The lowest BCUT2D eigenvalue weighted by Gasteiger charge is -2.37. The molecule has 3 nitrogen and oxygen atoms in total. The second-order valence-corrected chi connectivity index (χ2v) is 7.32. The van der Waals surface area contributed by atoms with E-state index in [0.29, 0.717) is 17.5 Å². The zero-order chi connectivity index (χ0) is 15.0. The van der Waals surface area contributed by atoms with E-state index in [2.05, 4.69) is 37.9 Å². The summed E-state index contributed by atoms with van der Waals surface area (Å²) in [7, 11) is 0. The summed E-state index contributed by atoms with van der Waals surface area (Å²) < 4.78 is 0. The summed E-state index contributed by atoms with van der Waals surface area (Å²) in [6.07, 6.45) is 7.94. The Kier molecular flexibility index (Phi) is 8.08. The largest absolute Gasteiger partial charge is 0.395 e. The first kappa shape index (κ1) is 17.9. The van der Waals surface area contributed by atoms with Gasteiger partial charge in [-0.05, 0) is 31.2 Å². The lowest BCUT2D eigenvalue weighted by atomic mass is 9.84. The molecular weight excluding hydrogens is 248 g/mol. The second-order valence-electron chi connectivity index (χ2n) is 7.32. The standard InChI is InChI=1S/C17H36N2O/c1-5-18-16(17(2,3)4)11-12-19(13-14-20)15-9-7-6-8-10-15/h15-16,18,20H,5-14H2,1-4H3. The van der Waals surface area contributed by atoms with E-state index in [4.69, 9.17) is 0 Å². The van der Waals surface area contributed by atoms with E-state index in [0.717, 1.165) is 19.6 Å². The van der Waals surface area contributed by atoms with E-state index in [1.54, 1.807) is 0 Å². The van der Waals surface area contributed by atoms with Crippen molar-refractivity contribution in [2.75, 3.05) is 26.2 Å². The number of nitrogens with zero attached hydrogens (tertiary/aromatic N) is 1. The lowest BCUT2D eigenvalue weighted by Crippen LogP contribution is -2.45. The summed E-state index contributed by atoms with van der Waals surface area (Å²) in [5, 5.41) is 13.0. The van der Waals surface area contributed by atoms with Gasteiger partial charge in [0.25, 0.3) is 0 Å². The van der Waals surface area contributed by atoms with E-state index >= 15 is 0 Å². The summed E-state index contributed by atoms with van der Waals surface area (Å²) in [5.41, 5.74) is 0.299. The molecule has 1 rings (SSSR count). The maximum atomic E-state index is 9.34. The predicted octanol–water partition coefficient (Wildman–Crippen LogP) is 3.03. The summed E-state index contributed by atoms with van der Waals surface area (Å²) in [4.78, 5) is 2.54. The molecule has 0 aromatic heterocycles. The van der Waals surface area contributed by atoms with Crippen LogP contribution < -0.4 is 5.32 Å². The number of nitrogens with one attached hydrogen (secondary N) is 1. The van der Waals surface area contributed by atoms with E-state index in [1.165, 1.54) is 38.5 Å². The van der Waals surface area contributed by atoms with Crippen molar-refractivity contribution in [2.24, 2.45) is 5.41 Å². The van der Waals surface area contributed by atoms with Crippen LogP contribution in [-0.2, 0) is 0 Å². The third kappa shape index (κ3) is 6.11. The summed E-state index contributed by atoms with van der Waals surface area (Å²) in [6, 6.07) is 1.26. The maximum absolute atomic E-state index is 9.34. The van der Waals surface area contributed by atoms with Crippen LogP contribution in [0.15, 0.2) is 0 Å². The molecule has 1 aliphatic carbocycles. The van der Waals surface area contributed by atoms with Crippen molar-refractivity contribution in [3.8, 4) is 0 Å². The van der Waals surface area contributed by atoms with E-state index in [-0.39, 0.29) is 6.61 Å². The number of aliphatic hydroxyl groups excluding tert-OH is 1. The van der Waals surface area contributed by atoms with Gasteiger partial charge >= 0.3 is 0 Å². The van der Waals surface area contributed by atoms with Gasteiger partial charge in [-0.1, -0.05) is 47.0 Å². The predicted molar refractivity (Wildman–Crippen MR) is 87.1 cm³/mol. The molecule has 2 N–H and O–H groups in total. The van der Waals surface area contributed by atoms with E-state index in [9.17, 15) is 5.11 Å². The molecule has 3 heteroatoms. The molecule has 0 amide bonds. The number of hydrogen-bond acceptors (Lipinski definition) is 3. The lowest BCUT2D eigenvalue weighted by molar-refractivity contribution is 0.110. The minimum Gasteiger partial charge on any atom is -0.395 e. The monoisotopic (exact) mass is 284 g/mol. The average molecular weight is 284 g/mol. The van der Waals surface area contributed by atoms with Crippen molar-refractivity contribution in [1.82, 2.24) is 10.2 Å². The van der Waals surface area contributed by atoms with Gasteiger partial charge in [0.05, 0.1) is 6.61 Å². The first-order valence-corrected chi connectivity index (χ1v) is 8.57. The highest BCUT2D eigenvalue weighted by Crippen LogP contribution is 2.25. The molecule has 1 saturated carbocycles. The maximum Gasteiger partial charge on any atom is 0.0558 e. The molecule has 0 bridgehead atoms. The smallest absolute Gasteiger partial charge is 0.0558 e. The fraction of sp³-hybridized carbons (Fsp3) is 1.00. The van der Waals surface area contributed by atoms with Crippen LogP contribution in [0.4, 0.5) is 0 Å². The Balaban J connectivity index is 2.51. The Morgan fingerprint density at radius 3 is 2.30 bits per heavy atom. The molecule has 0 heterocycles. The minimum absolute atomic E-state index is 0.290. The molecule has 0 saturated heterocycles. The van der Waals surface area contributed by atoms with E-state index < -0.39 is 0 Å². The van der Waals surface area contributed by atoms with Crippen molar-refractivity contribution in [3.05, 3.63) is 0 Å². The molecule has 1 atom stereocenters. The van der Waals surface area contributed by atoms with Gasteiger partial charge in [0.15, 0.2) is 0 Å². The molecule has 0 aromatic rings. The summed E-state index contributed by atoms with van der Waals surface area (Å²) >= 11 is 0. The number of aliphatic hydroxyl groups is 1. The van der Waals surface area contributed by atoms with Crippen LogP contribution in [0.3, 0.4) is 0 Å². The van der Waals surface area contributed by atoms with Gasteiger partial charge in [-0.15, -0.1) is 0 Å². The zero-order valence-electron chi connectivity index (χ0n) is 14.1. The van der Waals surface area contributed by atoms with Crippen LogP contribution in [0.2, 0.25) is 0 Å². The molecule has 0 aliphatic heterocycles. The van der Waals surface area contributed by atoms with Crippen LogP contribution in [0.25, 0.3) is 0 Å². The van der Waals surface area contributed by atoms with Crippen molar-refractivity contribution in [2.45, 2.75) is 78.3 Å². The van der Waals surface area contributed by atoms with Crippen LogP contribution in [0.5, 0.6) is 0 Å². The Morgan fingerprint density at radius 2 is 1.80 bits per heavy atom. The summed E-state index contributed by atoms with van der Waals surface area (Å²) in [6.45, 7) is 12.4. The third-order valence-corrected chi connectivity index (χ3v) is 4.68. The fourth-order valence-corrected chi connectivity index (χ4v) is 3.43. The van der Waals surface area contributed by atoms with Gasteiger partial charge in [-0.2, -0.15) is 0 Å². The van der Waals surface area contributed by atoms with Crippen molar-refractivity contribution in [1.29, 1.82) is 0 Å². The van der Waals surface area contributed by atoms with Crippen LogP contribution in [0.1, 0.15) is 66.2 Å². The van der Waals surface area contributed by atoms with Crippen LogP contribution in [0, 0.1) is 5.41 Å². The zero-order valence-corrected chi connectivity index (χ0v) is 14.1. The number of rotatable bonds is 8. The Morgan fingerprint density at radius 1 is 1.15 bits per heavy atom. The number of hydrogen-bond donors (Lipinski definition) is 2. The first-order chi connectivity index (χ1) is 9.49. The molecule has 0 aromatic carbocycles. The van der Waals surface area contributed by atoms with Gasteiger partial charge in [0.1, 0.15) is 0 Å². The van der Waals surface area contributed by atoms with Crippen molar-refractivity contribution >= 4 is 0 Å². The van der Waals surface area contributed by atoms with Gasteiger partial charge in [0.2, 0.25) is 0 Å². The Hall–Kier alpha value is -0.120. The van der Waals surface area contributed by atoms with Gasteiger partial charge in [-0.25, -0.2) is 0 Å². The Labute approximate surface area is 126 Å². The highest BCUT2D eigenvalue weighted by atomic mass is 16.3. The molecule has 0 radical (unpaired) electrons. The topological polar surface area (TPSA) is 35.5 Å². The Bertz CT molecular complexity index is 244. The first-order valence-electron chi connectivity index (χ1n) is 8.57. The SMILES string of the molecule is CCNC(CCN(CCO)C1CCCCC1)C(C)(C)C. The van der Waals surface area contributed by atoms with Crippen LogP contribution >= 0.6 is 0 Å². The van der Waals surface area contributed by atoms with Crippen LogP contribution in [-0.4, -0.2) is 48.3 Å². The minimum atomic E-state index is 0.290. The van der Waals surface area contributed by atoms with Gasteiger partial charge in [0, 0.05) is 25.2 Å². The molecule has 1 fully saturated rings. The molecule has 1 aliphatic rings.